The van der Waals surface area contributed by atoms with Crippen molar-refractivity contribution in [3.05, 3.63) is 106 Å². The van der Waals surface area contributed by atoms with Gasteiger partial charge in [-0.15, -0.1) is 0 Å². The molecule has 0 bridgehead atoms. The molecule has 0 N–H and O–H groups in total. The zero-order chi connectivity index (χ0) is 22.7. The average molecular weight is 426 g/mol. The second-order valence-electron chi connectivity index (χ2n) is 7.20. The van der Waals surface area contributed by atoms with E-state index in [1.54, 1.807) is 12.1 Å². The number of Topliss-reactive ketones (excluding diaryl/α,β-unsaturated/α-hetero) is 1. The fourth-order valence-electron chi connectivity index (χ4n) is 3.40. The summed E-state index contributed by atoms with van der Waals surface area (Å²) in [7, 11) is 0. The van der Waals surface area contributed by atoms with Gasteiger partial charge in [-0.25, -0.2) is 9.78 Å². The molecule has 4 aromatic rings. The van der Waals surface area contributed by atoms with Crippen molar-refractivity contribution in [1.82, 2.24) is 4.98 Å². The van der Waals surface area contributed by atoms with Gasteiger partial charge in [-0.05, 0) is 18.6 Å². The molecule has 1 aromatic heterocycles. The number of aryl methyl sites for hydroxylation is 1. The zero-order valence-electron chi connectivity index (χ0n) is 17.1. The molecule has 4 rings (SSSR count). The lowest BCUT2D eigenvalue weighted by atomic mass is 10.0. The molecule has 0 saturated heterocycles. The Hall–Kier alpha value is -4.39. The van der Waals surface area contributed by atoms with E-state index in [1.807, 2.05) is 49.4 Å². The van der Waals surface area contributed by atoms with Gasteiger partial charge >= 0.3 is 5.97 Å². The smallest absolute Gasteiger partial charge is 0.339 e. The van der Waals surface area contributed by atoms with Gasteiger partial charge in [0, 0.05) is 28.6 Å². The Morgan fingerprint density at radius 2 is 1.72 bits per heavy atom. The highest BCUT2D eigenvalue weighted by Crippen LogP contribution is 2.27. The molecule has 0 amide bonds. The minimum absolute atomic E-state index is 0.104. The molecule has 0 aliphatic heterocycles. The van der Waals surface area contributed by atoms with E-state index in [0.29, 0.717) is 22.2 Å². The molecule has 0 radical (unpaired) electrons. The number of nitro benzene ring substituents is 1. The van der Waals surface area contributed by atoms with Gasteiger partial charge in [0.1, 0.15) is 0 Å². The lowest BCUT2D eigenvalue weighted by Gasteiger charge is -2.11. The van der Waals surface area contributed by atoms with Crippen LogP contribution in [0.3, 0.4) is 0 Å². The first-order valence-electron chi connectivity index (χ1n) is 9.84. The summed E-state index contributed by atoms with van der Waals surface area (Å²) in [5, 5.41) is 11.6. The van der Waals surface area contributed by atoms with Gasteiger partial charge in [-0.2, -0.15) is 0 Å². The van der Waals surface area contributed by atoms with Crippen LogP contribution in [0.4, 0.5) is 5.69 Å². The Labute approximate surface area is 183 Å². The quantitative estimate of drug-likeness (QED) is 0.183. The molecule has 0 unspecified atom stereocenters. The summed E-state index contributed by atoms with van der Waals surface area (Å²) in [6.45, 7) is 1.38. The molecule has 0 atom stereocenters. The van der Waals surface area contributed by atoms with Crippen molar-refractivity contribution >= 4 is 28.3 Å². The van der Waals surface area contributed by atoms with Crippen molar-refractivity contribution in [2.45, 2.75) is 6.92 Å². The van der Waals surface area contributed by atoms with Gasteiger partial charge in [-0.3, -0.25) is 14.9 Å². The number of aromatic nitrogens is 1. The first-order chi connectivity index (χ1) is 15.4. The van der Waals surface area contributed by atoms with Gasteiger partial charge in [0.25, 0.3) is 5.69 Å². The second-order valence-corrected chi connectivity index (χ2v) is 7.20. The highest BCUT2D eigenvalue weighted by Gasteiger charge is 2.19. The van der Waals surface area contributed by atoms with E-state index in [0.717, 1.165) is 17.2 Å². The zero-order valence-corrected chi connectivity index (χ0v) is 17.1. The van der Waals surface area contributed by atoms with Gasteiger partial charge in [0.15, 0.2) is 6.61 Å². The maximum absolute atomic E-state index is 13.0. The molecule has 0 spiro atoms. The van der Waals surface area contributed by atoms with Gasteiger partial charge < -0.3 is 4.74 Å². The average Bonchev–Trinajstić information content (AvgIpc) is 2.82. The molecule has 1 heterocycles. The summed E-state index contributed by atoms with van der Waals surface area (Å²) >= 11 is 0. The van der Waals surface area contributed by atoms with E-state index in [4.69, 9.17) is 9.72 Å². The number of ether oxygens (including phenoxy) is 1. The Morgan fingerprint density at radius 3 is 2.47 bits per heavy atom. The molecular weight excluding hydrogens is 408 g/mol. The summed E-state index contributed by atoms with van der Waals surface area (Å²) in [6, 6.07) is 21.9. The summed E-state index contributed by atoms with van der Waals surface area (Å²) < 4.78 is 5.30. The monoisotopic (exact) mass is 426 g/mol. The molecule has 0 saturated carbocycles. The van der Waals surface area contributed by atoms with Crippen molar-refractivity contribution in [1.29, 1.82) is 0 Å². The number of carbonyl (C=O) groups is 2. The number of nitrogens with zero attached hydrogens (tertiary/aromatic N) is 2. The van der Waals surface area contributed by atoms with Crippen LogP contribution in [0.5, 0.6) is 0 Å². The van der Waals surface area contributed by atoms with Crippen LogP contribution in [0.1, 0.15) is 26.3 Å². The van der Waals surface area contributed by atoms with Crippen molar-refractivity contribution in [2.75, 3.05) is 6.61 Å². The van der Waals surface area contributed by atoms with Crippen LogP contribution < -0.4 is 0 Å². The van der Waals surface area contributed by atoms with E-state index < -0.39 is 23.3 Å². The van der Waals surface area contributed by atoms with Crippen LogP contribution in [0.15, 0.2) is 78.9 Å². The first-order valence-corrected chi connectivity index (χ1v) is 9.84. The van der Waals surface area contributed by atoms with Crippen LogP contribution in [-0.4, -0.2) is 28.3 Å². The molecule has 7 heteroatoms. The predicted molar refractivity (Wildman–Crippen MR) is 120 cm³/mol. The van der Waals surface area contributed by atoms with Gasteiger partial charge in [0.05, 0.1) is 21.7 Å². The maximum Gasteiger partial charge on any atom is 0.339 e. The number of benzene rings is 3. The Kier molecular flexibility index (Phi) is 5.72. The number of carbonyl (C=O) groups excluding carboxylic acids is 2. The number of non-ortho nitro benzene ring substituents is 1. The van der Waals surface area contributed by atoms with E-state index in [1.165, 1.54) is 18.2 Å². The van der Waals surface area contributed by atoms with E-state index in [-0.39, 0.29) is 11.3 Å². The van der Waals surface area contributed by atoms with Crippen molar-refractivity contribution < 1.29 is 19.2 Å². The SMILES string of the molecule is Cc1cccc2c(C(=O)OCC(=O)c3cccc([N+](=O)[O-])c3)cc(-c3ccccc3)nc12. The third-order valence-corrected chi connectivity index (χ3v) is 5.04. The third kappa shape index (κ3) is 4.22. The number of ketones is 1. The van der Waals surface area contributed by atoms with Crippen LogP contribution in [-0.2, 0) is 4.74 Å². The number of nitro groups is 1. The molecule has 0 aliphatic carbocycles. The van der Waals surface area contributed by atoms with Crippen LogP contribution in [0.2, 0.25) is 0 Å². The minimum atomic E-state index is -0.668. The highest BCUT2D eigenvalue weighted by atomic mass is 16.6. The Bertz CT molecular complexity index is 1350. The molecule has 7 nitrogen and oxygen atoms in total. The number of fused-ring (bicyclic) bond motifs is 1. The van der Waals surface area contributed by atoms with Crippen molar-refractivity contribution in [3.63, 3.8) is 0 Å². The van der Waals surface area contributed by atoms with Crippen LogP contribution in [0.25, 0.3) is 22.2 Å². The van der Waals surface area contributed by atoms with E-state index >= 15 is 0 Å². The second kappa shape index (κ2) is 8.77. The number of pyridine rings is 1. The molecule has 3 aromatic carbocycles. The first kappa shape index (κ1) is 20.9. The predicted octanol–water partition coefficient (Wildman–Crippen LogP) is 5.16. The Balaban J connectivity index is 1.64. The molecule has 158 valence electrons. The topological polar surface area (TPSA) is 99.4 Å². The lowest BCUT2D eigenvalue weighted by Crippen LogP contribution is -2.15. The maximum atomic E-state index is 13.0. The highest BCUT2D eigenvalue weighted by molar-refractivity contribution is 6.06. The fourth-order valence-corrected chi connectivity index (χ4v) is 3.40. The molecule has 32 heavy (non-hydrogen) atoms. The number of esters is 1. The number of hydrogen-bond donors (Lipinski definition) is 0. The van der Waals surface area contributed by atoms with Crippen molar-refractivity contribution in [3.8, 4) is 11.3 Å². The summed E-state index contributed by atoms with van der Waals surface area (Å²) in [6.07, 6.45) is 0. The summed E-state index contributed by atoms with van der Waals surface area (Å²) in [4.78, 5) is 40.5. The van der Waals surface area contributed by atoms with E-state index in [9.17, 15) is 19.7 Å². The standard InChI is InChI=1S/C25H18N2O5/c1-16-7-5-12-20-21(14-22(26-24(16)20)17-8-3-2-4-9-17)25(29)32-15-23(28)18-10-6-11-19(13-18)27(30)31/h2-14H,15H2,1H3. The van der Waals surface area contributed by atoms with Gasteiger partial charge in [0.2, 0.25) is 5.78 Å². The number of para-hydroxylation sites is 1. The molecule has 0 aliphatic rings. The van der Waals surface area contributed by atoms with Crippen LogP contribution >= 0.6 is 0 Å². The van der Waals surface area contributed by atoms with Crippen molar-refractivity contribution in [2.24, 2.45) is 0 Å². The lowest BCUT2D eigenvalue weighted by molar-refractivity contribution is -0.384. The summed E-state index contributed by atoms with van der Waals surface area (Å²) in [5.74, 6) is -1.20. The molecular formula is C25H18N2O5. The fraction of sp³-hybridized carbons (Fsp3) is 0.0800. The van der Waals surface area contributed by atoms with Gasteiger partial charge in [-0.1, -0.05) is 60.7 Å². The number of hydrogen-bond acceptors (Lipinski definition) is 6. The normalized spacial score (nSPS) is 10.7. The van der Waals surface area contributed by atoms with Crippen LogP contribution in [0, 0.1) is 17.0 Å². The van der Waals surface area contributed by atoms with E-state index in [2.05, 4.69) is 0 Å². The largest absolute Gasteiger partial charge is 0.454 e. The third-order valence-electron chi connectivity index (χ3n) is 5.04. The summed E-state index contributed by atoms with van der Waals surface area (Å²) in [5.41, 5.74) is 3.23. The minimum Gasteiger partial charge on any atom is -0.454 e. The Morgan fingerprint density at radius 1 is 0.969 bits per heavy atom. The number of rotatable bonds is 6. The molecule has 0 fully saturated rings.